The molecule has 0 saturated heterocycles. The molecule has 3 rings (SSSR count). The van der Waals surface area contributed by atoms with Crippen molar-refractivity contribution < 1.29 is 4.79 Å². The third kappa shape index (κ3) is 2.58. The fourth-order valence-corrected chi connectivity index (χ4v) is 4.83. The lowest BCUT2D eigenvalue weighted by atomic mass is 9.84. The Hall–Kier alpha value is -0.830. The second kappa shape index (κ2) is 5.28. The summed E-state index contributed by atoms with van der Waals surface area (Å²) in [6.45, 7) is 4.32. The van der Waals surface area contributed by atoms with Crippen molar-refractivity contribution in [2.45, 2.75) is 52.0 Å². The molecule has 0 spiro atoms. The maximum atomic E-state index is 12.2. The number of thiophene rings is 1. The highest BCUT2D eigenvalue weighted by Gasteiger charge is 2.42. The molecule has 2 saturated carbocycles. The molecule has 2 nitrogen and oxygen atoms in total. The van der Waals surface area contributed by atoms with Gasteiger partial charge in [-0.25, -0.2) is 0 Å². The van der Waals surface area contributed by atoms with E-state index in [4.69, 9.17) is 0 Å². The van der Waals surface area contributed by atoms with Gasteiger partial charge in [0.15, 0.2) is 0 Å². The van der Waals surface area contributed by atoms with Crippen LogP contribution in [0.25, 0.3) is 0 Å². The molecule has 2 bridgehead atoms. The Morgan fingerprint density at radius 3 is 2.84 bits per heavy atom. The summed E-state index contributed by atoms with van der Waals surface area (Å²) in [6, 6.07) is 4.36. The number of carbonyl (C=O) groups is 1. The first-order valence-corrected chi connectivity index (χ1v) is 8.38. The van der Waals surface area contributed by atoms with Gasteiger partial charge in [-0.15, -0.1) is 11.3 Å². The van der Waals surface area contributed by atoms with Gasteiger partial charge in [-0.3, -0.25) is 4.79 Å². The molecule has 4 atom stereocenters. The van der Waals surface area contributed by atoms with E-state index >= 15 is 0 Å². The Morgan fingerprint density at radius 1 is 1.42 bits per heavy atom. The average Bonchev–Trinajstić information content (AvgIpc) is 3.13. The zero-order valence-electron chi connectivity index (χ0n) is 11.8. The van der Waals surface area contributed by atoms with E-state index in [-0.39, 0.29) is 5.91 Å². The van der Waals surface area contributed by atoms with Crippen LogP contribution in [0.5, 0.6) is 0 Å². The zero-order chi connectivity index (χ0) is 13.4. The second-order valence-corrected chi connectivity index (χ2v) is 7.39. The average molecular weight is 277 g/mol. The molecule has 1 aromatic rings. The number of amides is 1. The van der Waals surface area contributed by atoms with E-state index in [0.717, 1.165) is 23.1 Å². The van der Waals surface area contributed by atoms with Crippen molar-refractivity contribution >= 4 is 17.2 Å². The lowest BCUT2D eigenvalue weighted by Crippen LogP contribution is -2.39. The Morgan fingerprint density at radius 2 is 2.26 bits per heavy atom. The summed E-state index contributed by atoms with van der Waals surface area (Å²) in [4.78, 5) is 14.4. The lowest BCUT2D eigenvalue weighted by molar-refractivity contribution is 0.0919. The third-order valence-electron chi connectivity index (χ3n) is 5.03. The van der Waals surface area contributed by atoms with Crippen molar-refractivity contribution in [1.82, 2.24) is 5.32 Å². The Kier molecular flexibility index (Phi) is 3.66. The van der Waals surface area contributed by atoms with E-state index in [1.807, 2.05) is 6.07 Å². The van der Waals surface area contributed by atoms with Gasteiger partial charge in [-0.2, -0.15) is 0 Å². The van der Waals surface area contributed by atoms with Gasteiger partial charge in [0.05, 0.1) is 4.88 Å². The van der Waals surface area contributed by atoms with Crippen LogP contribution in [0.4, 0.5) is 0 Å². The van der Waals surface area contributed by atoms with E-state index in [9.17, 15) is 4.79 Å². The third-order valence-corrected chi connectivity index (χ3v) is 6.26. The van der Waals surface area contributed by atoms with Gasteiger partial charge in [0.25, 0.3) is 5.91 Å². The maximum absolute atomic E-state index is 12.2. The second-order valence-electron chi connectivity index (χ2n) is 6.22. The van der Waals surface area contributed by atoms with Gasteiger partial charge < -0.3 is 5.32 Å². The fraction of sp³-hybridized carbons (Fsp3) is 0.688. The Bertz CT molecular complexity index is 467. The molecule has 0 radical (unpaired) electrons. The van der Waals surface area contributed by atoms with Gasteiger partial charge >= 0.3 is 0 Å². The van der Waals surface area contributed by atoms with Crippen LogP contribution in [0.1, 0.15) is 54.1 Å². The first kappa shape index (κ1) is 13.2. The van der Waals surface area contributed by atoms with Crippen molar-refractivity contribution in [3.63, 3.8) is 0 Å². The molecule has 2 aliphatic rings. The van der Waals surface area contributed by atoms with Crippen molar-refractivity contribution in [3.05, 3.63) is 21.9 Å². The minimum Gasteiger partial charge on any atom is -0.349 e. The van der Waals surface area contributed by atoms with E-state index in [0.29, 0.717) is 12.0 Å². The lowest BCUT2D eigenvalue weighted by Gasteiger charge is -2.28. The minimum atomic E-state index is 0.125. The van der Waals surface area contributed by atoms with Crippen LogP contribution < -0.4 is 5.32 Å². The van der Waals surface area contributed by atoms with Crippen molar-refractivity contribution in [1.29, 1.82) is 0 Å². The molecule has 3 heteroatoms. The largest absolute Gasteiger partial charge is 0.349 e. The van der Waals surface area contributed by atoms with Crippen LogP contribution in [-0.2, 0) is 6.42 Å². The predicted octanol–water partition coefficient (Wildman–Crippen LogP) is 3.87. The normalized spacial score (nSPS) is 30.5. The van der Waals surface area contributed by atoms with Crippen LogP contribution in [0.3, 0.4) is 0 Å². The summed E-state index contributed by atoms with van der Waals surface area (Å²) in [5, 5.41) is 3.23. The summed E-state index contributed by atoms with van der Waals surface area (Å²) < 4.78 is 0. The molecule has 19 heavy (non-hydrogen) atoms. The molecule has 104 valence electrons. The van der Waals surface area contributed by atoms with E-state index in [2.05, 4.69) is 25.2 Å². The zero-order valence-corrected chi connectivity index (χ0v) is 12.6. The predicted molar refractivity (Wildman–Crippen MR) is 79.6 cm³/mol. The molecule has 0 aromatic carbocycles. The smallest absolute Gasteiger partial charge is 0.261 e. The van der Waals surface area contributed by atoms with Gasteiger partial charge in [-0.1, -0.05) is 13.3 Å². The summed E-state index contributed by atoms with van der Waals surface area (Å²) >= 11 is 1.63. The SMILES string of the molecule is CCc1ccc(C(=O)N[C@@H](C)[C@@H]2C[C@@H]3CC[C@@H]2C3)s1. The summed E-state index contributed by atoms with van der Waals surface area (Å²) in [7, 11) is 0. The first-order valence-electron chi connectivity index (χ1n) is 7.57. The Balaban J connectivity index is 1.60. The van der Waals surface area contributed by atoms with E-state index in [1.54, 1.807) is 11.3 Å². The van der Waals surface area contributed by atoms with Gasteiger partial charge in [0.2, 0.25) is 0 Å². The van der Waals surface area contributed by atoms with Crippen LogP contribution >= 0.6 is 11.3 Å². The number of nitrogens with one attached hydrogen (secondary N) is 1. The van der Waals surface area contributed by atoms with Crippen LogP contribution in [0.15, 0.2) is 12.1 Å². The molecular formula is C16H23NOS. The van der Waals surface area contributed by atoms with Crippen LogP contribution in [-0.4, -0.2) is 11.9 Å². The number of aryl methyl sites for hydroxylation is 1. The van der Waals surface area contributed by atoms with Crippen molar-refractivity contribution in [2.75, 3.05) is 0 Å². The van der Waals surface area contributed by atoms with Crippen molar-refractivity contribution in [2.24, 2.45) is 17.8 Å². The first-order chi connectivity index (χ1) is 9.17. The molecule has 1 heterocycles. The number of rotatable bonds is 4. The molecule has 2 fully saturated rings. The molecule has 1 aromatic heterocycles. The summed E-state index contributed by atoms with van der Waals surface area (Å²) in [6.07, 6.45) is 6.56. The monoisotopic (exact) mass is 277 g/mol. The summed E-state index contributed by atoms with van der Waals surface area (Å²) in [5.41, 5.74) is 0. The van der Waals surface area contributed by atoms with Crippen LogP contribution in [0.2, 0.25) is 0 Å². The highest BCUT2D eigenvalue weighted by atomic mass is 32.1. The topological polar surface area (TPSA) is 29.1 Å². The number of carbonyl (C=O) groups excluding carboxylic acids is 1. The summed E-state index contributed by atoms with van der Waals surface area (Å²) in [5.74, 6) is 2.66. The number of fused-ring (bicyclic) bond motifs is 2. The molecule has 0 unspecified atom stereocenters. The minimum absolute atomic E-state index is 0.125. The molecular weight excluding hydrogens is 254 g/mol. The van der Waals surface area contributed by atoms with E-state index < -0.39 is 0 Å². The van der Waals surface area contributed by atoms with Crippen molar-refractivity contribution in [3.8, 4) is 0 Å². The van der Waals surface area contributed by atoms with E-state index in [1.165, 1.54) is 30.6 Å². The number of hydrogen-bond donors (Lipinski definition) is 1. The molecule has 1 N–H and O–H groups in total. The quantitative estimate of drug-likeness (QED) is 0.889. The fourth-order valence-electron chi connectivity index (χ4n) is 3.98. The maximum Gasteiger partial charge on any atom is 0.261 e. The number of hydrogen-bond acceptors (Lipinski definition) is 2. The van der Waals surface area contributed by atoms with Gasteiger partial charge in [0, 0.05) is 10.9 Å². The molecule has 1 amide bonds. The standard InChI is InChI=1S/C16H23NOS/c1-3-13-6-7-15(19-13)16(18)17-10(2)14-9-11-4-5-12(14)8-11/h6-7,10-12,14H,3-5,8-9H2,1-2H3,(H,17,18)/t10-,11+,12+,14-/m0/s1. The molecule has 2 aliphatic carbocycles. The highest BCUT2D eigenvalue weighted by Crippen LogP contribution is 2.49. The van der Waals surface area contributed by atoms with Gasteiger partial charge in [-0.05, 0) is 62.5 Å². The highest BCUT2D eigenvalue weighted by molar-refractivity contribution is 7.14. The van der Waals surface area contributed by atoms with Crippen LogP contribution in [0, 0.1) is 17.8 Å². The van der Waals surface area contributed by atoms with Gasteiger partial charge in [0.1, 0.15) is 0 Å². The Labute approximate surface area is 119 Å². The molecule has 0 aliphatic heterocycles.